The van der Waals surface area contributed by atoms with E-state index in [1.165, 1.54) is 12.1 Å². The van der Waals surface area contributed by atoms with E-state index < -0.39 is 16.1 Å². The van der Waals surface area contributed by atoms with Gasteiger partial charge in [-0.15, -0.1) is 0 Å². The minimum atomic E-state index is -4.46. The van der Waals surface area contributed by atoms with Gasteiger partial charge in [-0.1, -0.05) is 0 Å². The average molecular weight is 268 g/mol. The quantitative estimate of drug-likeness (QED) is 0.352. The first kappa shape index (κ1) is 16.2. The summed E-state index contributed by atoms with van der Waals surface area (Å²) in [5, 5.41) is 0. The van der Waals surface area contributed by atoms with E-state index in [9.17, 15) is 17.8 Å². The van der Waals surface area contributed by atoms with Crippen molar-refractivity contribution < 1.29 is 73.9 Å². The van der Waals surface area contributed by atoms with Gasteiger partial charge >= 0.3 is 57.4 Å². The fraction of sp³-hybridized carbons (Fsp3) is 0.222. The molecule has 0 aliphatic rings. The van der Waals surface area contributed by atoms with Crippen molar-refractivity contribution in [3.63, 3.8) is 0 Å². The molecule has 0 unspecified atom stereocenters. The molecule has 5 nitrogen and oxygen atoms in total. The molecule has 0 atom stereocenters. The Balaban J connectivity index is 0.00000225. The number of ether oxygens (including phenoxy) is 1. The van der Waals surface area contributed by atoms with Crippen molar-refractivity contribution in [2.45, 2.75) is 11.8 Å². The van der Waals surface area contributed by atoms with Crippen molar-refractivity contribution in [2.24, 2.45) is 0 Å². The van der Waals surface area contributed by atoms with Crippen LogP contribution in [0.4, 0.5) is 0 Å². The van der Waals surface area contributed by atoms with E-state index >= 15 is 0 Å². The van der Waals surface area contributed by atoms with Crippen molar-refractivity contribution in [1.29, 1.82) is 0 Å². The summed E-state index contributed by atoms with van der Waals surface area (Å²) in [5.41, 5.74) is 0.212. The summed E-state index contributed by atoms with van der Waals surface area (Å²) in [4.78, 5) is 10.8. The minimum absolute atomic E-state index is 0. The van der Waals surface area contributed by atoms with Crippen LogP contribution in [0.25, 0.3) is 0 Å². The van der Waals surface area contributed by atoms with E-state index in [2.05, 4.69) is 4.74 Å². The van der Waals surface area contributed by atoms with Crippen LogP contribution >= 0.6 is 0 Å². The van der Waals surface area contributed by atoms with Gasteiger partial charge in [0.2, 0.25) is 0 Å². The molecule has 0 saturated heterocycles. The molecule has 1 rings (SSSR count). The van der Waals surface area contributed by atoms with Gasteiger partial charge in [0.1, 0.15) is 10.1 Å². The number of hydrogen-bond donors (Lipinski definition) is 0. The maximum atomic E-state index is 11.2. The van der Waals surface area contributed by atoms with Crippen LogP contribution in [0.1, 0.15) is 17.3 Å². The van der Waals surface area contributed by atoms with Crippen LogP contribution in [0.2, 0.25) is 0 Å². The summed E-state index contributed by atoms with van der Waals surface area (Å²) < 4.78 is 36.4. The number of benzene rings is 1. The minimum Gasteiger partial charge on any atom is -0.744 e. The average Bonchev–Trinajstić information content (AvgIpc) is 2.17. The van der Waals surface area contributed by atoms with Gasteiger partial charge in [0.05, 0.1) is 17.1 Å². The number of esters is 1. The van der Waals surface area contributed by atoms with Crippen LogP contribution in [-0.2, 0) is 14.9 Å². The molecular formula is C9H9KO5S. The van der Waals surface area contributed by atoms with Crippen molar-refractivity contribution in [3.05, 3.63) is 29.8 Å². The maximum Gasteiger partial charge on any atom is 1.00 e. The summed E-state index contributed by atoms with van der Waals surface area (Å²) in [6, 6.07) is 4.63. The zero-order valence-electron chi connectivity index (χ0n) is 8.97. The normalized spacial score (nSPS) is 10.4. The Hall–Kier alpha value is 0.236. The molecule has 0 heterocycles. The van der Waals surface area contributed by atoms with Crippen LogP contribution in [0.3, 0.4) is 0 Å². The fourth-order valence-corrected chi connectivity index (χ4v) is 1.44. The molecule has 0 radical (unpaired) electrons. The van der Waals surface area contributed by atoms with Gasteiger partial charge in [-0.05, 0) is 31.2 Å². The smallest absolute Gasteiger partial charge is 0.744 e. The monoisotopic (exact) mass is 268 g/mol. The molecule has 0 spiro atoms. The summed E-state index contributed by atoms with van der Waals surface area (Å²) in [6.45, 7) is 1.90. The molecule has 7 heteroatoms. The maximum absolute atomic E-state index is 11.2. The first-order chi connectivity index (χ1) is 6.95. The molecule has 0 aliphatic heterocycles. The predicted molar refractivity (Wildman–Crippen MR) is 50.4 cm³/mol. The van der Waals surface area contributed by atoms with E-state index in [4.69, 9.17) is 0 Å². The van der Waals surface area contributed by atoms with Crippen molar-refractivity contribution in [1.82, 2.24) is 0 Å². The standard InChI is InChI=1S/C9H10O5S.K/c1-2-14-9(10)7-3-5-8(6-4-7)15(11,12)13;/h3-6H,2H2,1H3,(H,11,12,13);/q;+1/p-1. The van der Waals surface area contributed by atoms with Crippen molar-refractivity contribution in [2.75, 3.05) is 6.61 Å². The third-order valence-electron chi connectivity index (χ3n) is 1.65. The third kappa shape index (κ3) is 4.62. The molecule has 0 saturated carbocycles. The van der Waals surface area contributed by atoms with Gasteiger partial charge in [0.15, 0.2) is 0 Å². The van der Waals surface area contributed by atoms with E-state index in [1.807, 2.05) is 0 Å². The molecule has 0 bridgehead atoms. The van der Waals surface area contributed by atoms with Gasteiger partial charge in [0.25, 0.3) is 0 Å². The van der Waals surface area contributed by atoms with Crippen molar-refractivity contribution >= 4 is 16.1 Å². The largest absolute Gasteiger partial charge is 1.00 e. The number of carbonyl (C=O) groups is 1. The Morgan fingerprint density at radius 2 is 1.81 bits per heavy atom. The van der Waals surface area contributed by atoms with E-state index in [-0.39, 0.29) is 68.5 Å². The molecule has 0 aliphatic carbocycles. The Morgan fingerprint density at radius 1 is 1.31 bits per heavy atom. The van der Waals surface area contributed by atoms with E-state index in [1.54, 1.807) is 6.92 Å². The van der Waals surface area contributed by atoms with Crippen LogP contribution in [0.15, 0.2) is 29.2 Å². The van der Waals surface area contributed by atoms with E-state index in [0.29, 0.717) is 0 Å². The second-order valence-corrected chi connectivity index (χ2v) is 4.08. The molecule has 0 N–H and O–H groups in total. The first-order valence-electron chi connectivity index (χ1n) is 4.18. The summed E-state index contributed by atoms with van der Waals surface area (Å²) in [7, 11) is -4.46. The molecule has 0 fully saturated rings. The zero-order chi connectivity index (χ0) is 11.5. The SMILES string of the molecule is CCOC(=O)c1ccc(S(=O)(=O)[O-])cc1.[K+]. The van der Waals surface area contributed by atoms with Gasteiger partial charge in [0, 0.05) is 0 Å². The third-order valence-corrected chi connectivity index (χ3v) is 2.50. The number of hydrogen-bond acceptors (Lipinski definition) is 5. The van der Waals surface area contributed by atoms with Crippen molar-refractivity contribution in [3.8, 4) is 0 Å². The van der Waals surface area contributed by atoms with Crippen LogP contribution in [0, 0.1) is 0 Å². The van der Waals surface area contributed by atoms with E-state index in [0.717, 1.165) is 12.1 Å². The predicted octanol–water partition coefficient (Wildman–Crippen LogP) is -2.23. The molecule has 1 aromatic rings. The molecule has 0 aromatic heterocycles. The molecule has 16 heavy (non-hydrogen) atoms. The number of carbonyl (C=O) groups excluding carboxylic acids is 1. The molecule has 0 amide bonds. The Kier molecular flexibility index (Phi) is 6.95. The van der Waals surface area contributed by atoms with Crippen LogP contribution < -0.4 is 51.4 Å². The van der Waals surface area contributed by atoms with Gasteiger partial charge < -0.3 is 9.29 Å². The number of rotatable bonds is 3. The summed E-state index contributed by atoms with van der Waals surface area (Å²) in [5.74, 6) is -0.549. The Morgan fingerprint density at radius 3 is 2.19 bits per heavy atom. The molecular weight excluding hydrogens is 259 g/mol. The van der Waals surface area contributed by atoms with Crippen LogP contribution in [0.5, 0.6) is 0 Å². The topological polar surface area (TPSA) is 83.5 Å². The first-order valence-corrected chi connectivity index (χ1v) is 5.59. The fourth-order valence-electron chi connectivity index (χ4n) is 0.972. The molecule has 82 valence electrons. The Bertz CT molecular complexity index is 451. The zero-order valence-corrected chi connectivity index (χ0v) is 12.9. The van der Waals surface area contributed by atoms with Gasteiger partial charge in [-0.2, -0.15) is 0 Å². The molecule has 1 aromatic carbocycles. The van der Waals surface area contributed by atoms with Gasteiger partial charge in [-0.25, -0.2) is 13.2 Å². The Labute approximate surface area is 136 Å². The second-order valence-electron chi connectivity index (χ2n) is 2.70. The van der Waals surface area contributed by atoms with Gasteiger partial charge in [-0.3, -0.25) is 0 Å². The summed E-state index contributed by atoms with van der Waals surface area (Å²) in [6.07, 6.45) is 0. The second kappa shape index (κ2) is 6.85. The van der Waals surface area contributed by atoms with Crippen LogP contribution in [-0.4, -0.2) is 25.5 Å². The summed E-state index contributed by atoms with van der Waals surface area (Å²) >= 11 is 0.